The van der Waals surface area contributed by atoms with Crippen molar-refractivity contribution in [2.75, 3.05) is 7.11 Å². The molecule has 2 aromatic carbocycles. The average molecular weight is 232 g/mol. The quantitative estimate of drug-likeness (QED) is 0.780. The summed E-state index contributed by atoms with van der Waals surface area (Å²) < 4.78 is 5.22. The van der Waals surface area contributed by atoms with Crippen LogP contribution in [0.1, 0.15) is 25.3 Å². The second-order valence-corrected chi connectivity index (χ2v) is 4.34. The zero-order valence-electron chi connectivity index (χ0n) is 10.2. The van der Waals surface area contributed by atoms with Gasteiger partial charge in [0.25, 0.3) is 0 Å². The van der Waals surface area contributed by atoms with Gasteiger partial charge in [-0.1, -0.05) is 38.1 Å². The van der Waals surface area contributed by atoms with Crippen LogP contribution in [0, 0.1) is 0 Å². The third kappa shape index (κ3) is 1.68. The number of hydrogen-bond acceptors (Lipinski definition) is 3. The first-order valence-electron chi connectivity index (χ1n) is 5.58. The van der Waals surface area contributed by atoms with Crippen LogP contribution in [0.25, 0.3) is 10.8 Å². The number of rotatable bonds is 2. The highest BCUT2D eigenvalue weighted by atomic mass is 16.5. The summed E-state index contributed by atoms with van der Waals surface area (Å²) in [6.45, 7) is 3.90. The Kier molecular flexibility index (Phi) is 2.84. The Morgan fingerprint density at radius 1 is 1.00 bits per heavy atom. The summed E-state index contributed by atoms with van der Waals surface area (Å²) in [6.07, 6.45) is 0. The minimum atomic E-state index is 0.0699. The highest BCUT2D eigenvalue weighted by Gasteiger charge is 2.21. The molecule has 0 fully saturated rings. The molecule has 0 saturated carbocycles. The van der Waals surface area contributed by atoms with E-state index in [-0.39, 0.29) is 17.4 Å². The fraction of sp³-hybridized carbons (Fsp3) is 0.286. The van der Waals surface area contributed by atoms with Crippen molar-refractivity contribution in [1.29, 1.82) is 0 Å². The molecule has 0 spiro atoms. The minimum Gasteiger partial charge on any atom is -0.507 e. The number of hydrogen-bond donors (Lipinski definition) is 2. The van der Waals surface area contributed by atoms with E-state index in [1.165, 1.54) is 7.11 Å². The molecule has 2 N–H and O–H groups in total. The standard InChI is InChI=1S/C14H16O3/c1-8(2)11-12(15)9-6-4-5-7-10(9)13(16)14(11)17-3/h4-8,15-16H,1-3H3. The summed E-state index contributed by atoms with van der Waals surface area (Å²) in [4.78, 5) is 0. The lowest BCUT2D eigenvalue weighted by Gasteiger charge is -2.17. The molecule has 0 amide bonds. The molecule has 0 aliphatic heterocycles. The van der Waals surface area contributed by atoms with Gasteiger partial charge in [0.15, 0.2) is 11.5 Å². The van der Waals surface area contributed by atoms with Crippen molar-refractivity contribution in [3.63, 3.8) is 0 Å². The van der Waals surface area contributed by atoms with Gasteiger partial charge in [0.05, 0.1) is 7.11 Å². The van der Waals surface area contributed by atoms with Crippen molar-refractivity contribution in [1.82, 2.24) is 0 Å². The van der Waals surface area contributed by atoms with Crippen LogP contribution in [-0.2, 0) is 0 Å². The molecule has 0 aliphatic rings. The smallest absolute Gasteiger partial charge is 0.168 e. The van der Waals surface area contributed by atoms with Crippen molar-refractivity contribution in [3.8, 4) is 17.2 Å². The zero-order valence-corrected chi connectivity index (χ0v) is 10.2. The number of phenolic OH excluding ortho intramolecular Hbond substituents is 2. The topological polar surface area (TPSA) is 49.7 Å². The number of aromatic hydroxyl groups is 2. The first-order valence-corrected chi connectivity index (χ1v) is 5.58. The largest absolute Gasteiger partial charge is 0.507 e. The predicted molar refractivity (Wildman–Crippen MR) is 67.9 cm³/mol. The van der Waals surface area contributed by atoms with Gasteiger partial charge in [-0.05, 0) is 5.92 Å². The maximum atomic E-state index is 10.3. The van der Waals surface area contributed by atoms with Gasteiger partial charge in [0.2, 0.25) is 0 Å². The van der Waals surface area contributed by atoms with Crippen molar-refractivity contribution in [3.05, 3.63) is 29.8 Å². The van der Waals surface area contributed by atoms with Gasteiger partial charge < -0.3 is 14.9 Å². The van der Waals surface area contributed by atoms with Crippen molar-refractivity contribution < 1.29 is 14.9 Å². The number of benzene rings is 2. The Labute approximate surface area is 100 Å². The summed E-state index contributed by atoms with van der Waals surface area (Å²) in [5, 5.41) is 21.7. The molecule has 0 unspecified atom stereocenters. The highest BCUT2D eigenvalue weighted by molar-refractivity contribution is 5.96. The lowest BCUT2D eigenvalue weighted by molar-refractivity contribution is 0.364. The Morgan fingerprint density at radius 2 is 1.53 bits per heavy atom. The van der Waals surface area contributed by atoms with Crippen LogP contribution in [0.4, 0.5) is 0 Å². The number of ether oxygens (including phenoxy) is 1. The lowest BCUT2D eigenvalue weighted by Crippen LogP contribution is -1.96. The molecule has 90 valence electrons. The Morgan fingerprint density at radius 3 is 2.00 bits per heavy atom. The van der Waals surface area contributed by atoms with Crippen LogP contribution >= 0.6 is 0 Å². The molecule has 2 rings (SSSR count). The van der Waals surface area contributed by atoms with Gasteiger partial charge in [-0.15, -0.1) is 0 Å². The van der Waals surface area contributed by atoms with Gasteiger partial charge in [-0.2, -0.15) is 0 Å². The Bertz CT molecular complexity index is 559. The predicted octanol–water partition coefficient (Wildman–Crippen LogP) is 3.38. The van der Waals surface area contributed by atoms with Gasteiger partial charge in [0, 0.05) is 16.3 Å². The molecule has 0 atom stereocenters. The van der Waals surface area contributed by atoms with E-state index in [0.717, 1.165) is 0 Å². The van der Waals surface area contributed by atoms with Crippen LogP contribution in [-0.4, -0.2) is 17.3 Å². The van der Waals surface area contributed by atoms with Crippen molar-refractivity contribution in [2.45, 2.75) is 19.8 Å². The first kappa shape index (κ1) is 11.6. The molecule has 0 saturated heterocycles. The normalized spacial score (nSPS) is 11.1. The molecule has 0 radical (unpaired) electrons. The fourth-order valence-corrected chi connectivity index (χ4v) is 2.14. The third-order valence-corrected chi connectivity index (χ3v) is 2.93. The summed E-state index contributed by atoms with van der Waals surface area (Å²) in [5.74, 6) is 0.700. The van der Waals surface area contributed by atoms with Crippen molar-refractivity contribution in [2.24, 2.45) is 0 Å². The minimum absolute atomic E-state index is 0.0699. The summed E-state index contributed by atoms with van der Waals surface area (Å²) in [7, 11) is 1.50. The monoisotopic (exact) mass is 232 g/mol. The van der Waals surface area contributed by atoms with E-state index in [9.17, 15) is 10.2 Å². The van der Waals surface area contributed by atoms with Crippen LogP contribution in [0.2, 0.25) is 0 Å². The maximum Gasteiger partial charge on any atom is 0.168 e. The molecule has 0 aliphatic carbocycles. The highest BCUT2D eigenvalue weighted by Crippen LogP contribution is 2.47. The summed E-state index contributed by atoms with van der Waals surface area (Å²) in [6, 6.07) is 7.20. The Balaban J connectivity index is 2.94. The van der Waals surface area contributed by atoms with E-state index in [2.05, 4.69) is 0 Å². The summed E-state index contributed by atoms with van der Waals surface area (Å²) >= 11 is 0. The van der Waals surface area contributed by atoms with Crippen LogP contribution in [0.3, 0.4) is 0 Å². The number of phenols is 2. The van der Waals surface area contributed by atoms with E-state index < -0.39 is 0 Å². The van der Waals surface area contributed by atoms with E-state index in [1.54, 1.807) is 12.1 Å². The number of fused-ring (bicyclic) bond motifs is 1. The molecule has 0 aromatic heterocycles. The maximum absolute atomic E-state index is 10.3. The van der Waals surface area contributed by atoms with E-state index in [4.69, 9.17) is 4.74 Å². The molecule has 3 nitrogen and oxygen atoms in total. The molecular formula is C14H16O3. The van der Waals surface area contributed by atoms with Gasteiger partial charge >= 0.3 is 0 Å². The fourth-order valence-electron chi connectivity index (χ4n) is 2.14. The van der Waals surface area contributed by atoms with Crippen LogP contribution < -0.4 is 4.74 Å². The molecular weight excluding hydrogens is 216 g/mol. The SMILES string of the molecule is COc1c(C(C)C)c(O)c2ccccc2c1O. The molecule has 0 bridgehead atoms. The van der Waals surface area contributed by atoms with Gasteiger partial charge in [-0.25, -0.2) is 0 Å². The second-order valence-electron chi connectivity index (χ2n) is 4.34. The second kappa shape index (κ2) is 4.17. The van der Waals surface area contributed by atoms with E-state index >= 15 is 0 Å². The van der Waals surface area contributed by atoms with Crippen molar-refractivity contribution >= 4 is 10.8 Å². The average Bonchev–Trinajstić information content (AvgIpc) is 2.33. The van der Waals surface area contributed by atoms with Gasteiger partial charge in [-0.3, -0.25) is 0 Å². The molecule has 2 aromatic rings. The Hall–Kier alpha value is -1.90. The van der Waals surface area contributed by atoms with Crippen LogP contribution in [0.5, 0.6) is 17.2 Å². The molecule has 0 heterocycles. The van der Waals surface area contributed by atoms with E-state index in [1.807, 2.05) is 26.0 Å². The molecule has 17 heavy (non-hydrogen) atoms. The molecule has 3 heteroatoms. The lowest BCUT2D eigenvalue weighted by atomic mass is 9.95. The number of methoxy groups -OCH3 is 1. The zero-order chi connectivity index (χ0) is 12.6. The van der Waals surface area contributed by atoms with E-state index in [0.29, 0.717) is 22.1 Å². The van der Waals surface area contributed by atoms with Gasteiger partial charge in [0.1, 0.15) is 5.75 Å². The van der Waals surface area contributed by atoms with Crippen LogP contribution in [0.15, 0.2) is 24.3 Å². The summed E-state index contributed by atoms with van der Waals surface area (Å²) in [5.41, 5.74) is 0.642. The first-order chi connectivity index (χ1) is 8.07. The third-order valence-electron chi connectivity index (χ3n) is 2.93.